The molecule has 2 aromatic rings. The number of carbonyl (C=O) groups excluding carboxylic acids is 1. The molecule has 25 heavy (non-hydrogen) atoms. The second-order valence-electron chi connectivity index (χ2n) is 6.80. The Morgan fingerprint density at radius 1 is 1.28 bits per heavy atom. The van der Waals surface area contributed by atoms with E-state index in [-0.39, 0.29) is 5.82 Å². The molecule has 0 unspecified atom stereocenters. The van der Waals surface area contributed by atoms with Crippen molar-refractivity contribution < 1.29 is 13.2 Å². The highest BCUT2D eigenvalue weighted by Crippen LogP contribution is 2.12. The van der Waals surface area contributed by atoms with Crippen LogP contribution >= 0.6 is 0 Å². The number of sulfone groups is 1. The molecule has 0 saturated carbocycles. The number of benzene rings is 1. The van der Waals surface area contributed by atoms with Gasteiger partial charge in [-0.15, -0.1) is 10.2 Å². The maximum atomic E-state index is 12.2. The van der Waals surface area contributed by atoms with Gasteiger partial charge in [-0.2, -0.15) is 4.80 Å². The third-order valence-corrected chi connectivity index (χ3v) is 4.77. The highest BCUT2D eigenvalue weighted by atomic mass is 32.2. The fraction of sp³-hybridized carbons (Fsp3) is 0.500. The summed E-state index contributed by atoms with van der Waals surface area (Å²) in [7, 11) is -3.69. The van der Waals surface area contributed by atoms with Crippen molar-refractivity contribution >= 4 is 21.4 Å². The molecule has 1 N–H and O–H groups in total. The zero-order valence-corrected chi connectivity index (χ0v) is 15.7. The van der Waals surface area contributed by atoms with Gasteiger partial charge < -0.3 is 5.32 Å². The molecule has 0 saturated heterocycles. The van der Waals surface area contributed by atoms with Crippen molar-refractivity contribution in [3.63, 3.8) is 0 Å². The van der Waals surface area contributed by atoms with Crippen molar-refractivity contribution in [2.24, 2.45) is 0 Å². The van der Waals surface area contributed by atoms with E-state index in [2.05, 4.69) is 20.7 Å². The Bertz CT molecular complexity index is 853. The number of tetrazole rings is 1. The number of carbonyl (C=O) groups is 1. The van der Waals surface area contributed by atoms with Crippen LogP contribution in [-0.4, -0.2) is 40.3 Å². The second-order valence-corrected chi connectivity index (χ2v) is 8.86. The number of rotatable bonds is 6. The molecule has 0 spiro atoms. The summed E-state index contributed by atoms with van der Waals surface area (Å²) in [6.45, 7) is 7.64. The number of hydrogen-bond donors (Lipinski definition) is 1. The van der Waals surface area contributed by atoms with Crippen LogP contribution in [-0.2, 0) is 32.3 Å². The number of aromatic nitrogens is 4. The van der Waals surface area contributed by atoms with Gasteiger partial charge in [0.1, 0.15) is 11.5 Å². The molecule has 1 aromatic carbocycles. The van der Waals surface area contributed by atoms with Gasteiger partial charge in [0.05, 0.1) is 5.54 Å². The van der Waals surface area contributed by atoms with Crippen LogP contribution in [0.1, 0.15) is 39.1 Å². The van der Waals surface area contributed by atoms with Gasteiger partial charge in [0.15, 0.2) is 15.7 Å². The lowest BCUT2D eigenvalue weighted by molar-refractivity contribution is -0.113. The maximum Gasteiger partial charge on any atom is 0.239 e. The molecule has 1 aromatic heterocycles. The lowest BCUT2D eigenvalue weighted by Crippen LogP contribution is -2.26. The van der Waals surface area contributed by atoms with Gasteiger partial charge in [0, 0.05) is 5.69 Å². The molecule has 1 heterocycles. The van der Waals surface area contributed by atoms with Crippen molar-refractivity contribution in [1.29, 1.82) is 0 Å². The van der Waals surface area contributed by atoms with Crippen LogP contribution in [0.4, 0.5) is 5.69 Å². The van der Waals surface area contributed by atoms with Crippen molar-refractivity contribution in [3.8, 4) is 0 Å². The Balaban J connectivity index is 2.00. The van der Waals surface area contributed by atoms with E-state index in [4.69, 9.17) is 0 Å². The molecule has 0 bridgehead atoms. The summed E-state index contributed by atoms with van der Waals surface area (Å²) in [5.74, 6) is -1.56. The van der Waals surface area contributed by atoms with Gasteiger partial charge in [0.25, 0.3) is 0 Å². The summed E-state index contributed by atoms with van der Waals surface area (Å²) in [6.07, 6.45) is 0.830. The van der Waals surface area contributed by atoms with Gasteiger partial charge in [-0.3, -0.25) is 4.79 Å². The van der Waals surface area contributed by atoms with Gasteiger partial charge in [-0.25, -0.2) is 8.42 Å². The van der Waals surface area contributed by atoms with Crippen LogP contribution in [0.5, 0.6) is 0 Å². The third-order valence-electron chi connectivity index (χ3n) is 3.37. The normalized spacial score (nSPS) is 12.2. The minimum atomic E-state index is -3.69. The van der Waals surface area contributed by atoms with Crippen molar-refractivity contribution in [2.75, 3.05) is 11.1 Å². The summed E-state index contributed by atoms with van der Waals surface area (Å²) in [6, 6.07) is 7.30. The largest absolute Gasteiger partial charge is 0.325 e. The Labute approximate surface area is 147 Å². The summed E-state index contributed by atoms with van der Waals surface area (Å²) >= 11 is 0. The number of anilines is 1. The molecular weight excluding hydrogens is 342 g/mol. The van der Waals surface area contributed by atoms with Gasteiger partial charge in [-0.05, 0) is 50.1 Å². The van der Waals surface area contributed by atoms with E-state index in [0.717, 1.165) is 12.0 Å². The summed E-state index contributed by atoms with van der Waals surface area (Å²) < 4.78 is 24.4. The Morgan fingerprint density at radius 3 is 2.60 bits per heavy atom. The van der Waals surface area contributed by atoms with E-state index in [9.17, 15) is 13.2 Å². The molecule has 9 heteroatoms. The van der Waals surface area contributed by atoms with Crippen molar-refractivity contribution in [1.82, 2.24) is 20.2 Å². The monoisotopic (exact) mass is 365 g/mol. The van der Waals surface area contributed by atoms with E-state index in [0.29, 0.717) is 5.69 Å². The van der Waals surface area contributed by atoms with Crippen molar-refractivity contribution in [3.05, 3.63) is 35.7 Å². The number of hydrogen-bond acceptors (Lipinski definition) is 6. The van der Waals surface area contributed by atoms with E-state index >= 15 is 0 Å². The number of nitrogens with one attached hydrogen (secondary N) is 1. The first-order valence-corrected chi connectivity index (χ1v) is 9.80. The summed E-state index contributed by atoms with van der Waals surface area (Å²) in [5.41, 5.74) is 1.25. The Morgan fingerprint density at radius 2 is 2.00 bits per heavy atom. The first kappa shape index (κ1) is 19.0. The zero-order valence-electron chi connectivity index (χ0n) is 14.9. The molecule has 136 valence electrons. The first-order valence-electron chi connectivity index (χ1n) is 7.97. The smallest absolute Gasteiger partial charge is 0.239 e. The molecular formula is C16H23N5O3S. The predicted molar refractivity (Wildman–Crippen MR) is 94.8 cm³/mol. The highest BCUT2D eigenvalue weighted by molar-refractivity contribution is 7.91. The number of nitrogens with zero attached hydrogens (tertiary/aromatic N) is 4. The zero-order chi connectivity index (χ0) is 18.7. The van der Waals surface area contributed by atoms with Gasteiger partial charge in [-0.1, -0.05) is 19.1 Å². The van der Waals surface area contributed by atoms with Crippen LogP contribution in [0.25, 0.3) is 0 Å². The SMILES string of the molecule is CCc1cccc(NC(=O)CS(=O)(=O)Cc2nnn(C(C)(C)C)n2)c1. The highest BCUT2D eigenvalue weighted by Gasteiger charge is 2.23. The molecule has 0 atom stereocenters. The second kappa shape index (κ2) is 7.30. The molecule has 2 rings (SSSR count). The number of aryl methyl sites for hydroxylation is 1. The average molecular weight is 365 g/mol. The molecule has 0 aliphatic rings. The quantitative estimate of drug-likeness (QED) is 0.832. The standard InChI is InChI=1S/C16H23N5O3S/c1-5-12-7-6-8-13(9-12)17-15(22)11-25(23,24)10-14-18-20-21(19-14)16(2,3)4/h6-9H,5,10-11H2,1-4H3,(H,17,22). The molecule has 8 nitrogen and oxygen atoms in total. The van der Waals surface area contributed by atoms with Crippen LogP contribution in [0, 0.1) is 0 Å². The molecule has 0 aliphatic heterocycles. The average Bonchev–Trinajstić information content (AvgIpc) is 2.94. The maximum absolute atomic E-state index is 12.2. The molecule has 0 radical (unpaired) electrons. The molecule has 1 amide bonds. The topological polar surface area (TPSA) is 107 Å². The fourth-order valence-electron chi connectivity index (χ4n) is 2.10. The van der Waals surface area contributed by atoms with Gasteiger partial charge in [0.2, 0.25) is 5.91 Å². The van der Waals surface area contributed by atoms with E-state index in [1.165, 1.54) is 4.80 Å². The lowest BCUT2D eigenvalue weighted by Gasteiger charge is -2.15. The molecule has 0 aliphatic carbocycles. The van der Waals surface area contributed by atoms with Crippen LogP contribution in [0.2, 0.25) is 0 Å². The first-order chi connectivity index (χ1) is 11.6. The van der Waals surface area contributed by atoms with Crippen molar-refractivity contribution in [2.45, 2.75) is 45.4 Å². The predicted octanol–water partition coefficient (Wildman–Crippen LogP) is 1.54. The van der Waals surface area contributed by atoms with Crippen LogP contribution in [0.3, 0.4) is 0 Å². The summed E-state index contributed by atoms with van der Waals surface area (Å²) in [5, 5.41) is 14.3. The third kappa shape index (κ3) is 5.63. The van der Waals surface area contributed by atoms with Gasteiger partial charge >= 0.3 is 0 Å². The summed E-state index contributed by atoms with van der Waals surface area (Å²) in [4.78, 5) is 13.4. The number of amides is 1. The van der Waals surface area contributed by atoms with Crippen LogP contribution < -0.4 is 5.32 Å². The Hall–Kier alpha value is -2.29. The van der Waals surface area contributed by atoms with E-state index < -0.39 is 32.8 Å². The minimum absolute atomic E-state index is 0.0794. The van der Waals surface area contributed by atoms with E-state index in [1.54, 1.807) is 6.07 Å². The fourth-order valence-corrected chi connectivity index (χ4v) is 3.18. The minimum Gasteiger partial charge on any atom is -0.325 e. The lowest BCUT2D eigenvalue weighted by atomic mass is 10.1. The molecule has 0 fully saturated rings. The Kier molecular flexibility index (Phi) is 5.56. The van der Waals surface area contributed by atoms with E-state index in [1.807, 2.05) is 45.9 Å². The van der Waals surface area contributed by atoms with Crippen LogP contribution in [0.15, 0.2) is 24.3 Å².